The van der Waals surface area contributed by atoms with Gasteiger partial charge in [-0.2, -0.15) is 0 Å². The van der Waals surface area contributed by atoms with Crippen molar-refractivity contribution in [2.24, 2.45) is 0 Å². The molecular weight excluding hydrogens is 494 g/mol. The summed E-state index contributed by atoms with van der Waals surface area (Å²) in [5, 5.41) is 14.4. The molecule has 194 valence electrons. The molecule has 2 amide bonds. The predicted molar refractivity (Wildman–Crippen MR) is 135 cm³/mol. The van der Waals surface area contributed by atoms with Crippen LogP contribution in [0.4, 0.5) is 0 Å². The molecule has 0 aliphatic carbocycles. The zero-order valence-corrected chi connectivity index (χ0v) is 20.3. The van der Waals surface area contributed by atoms with Crippen LogP contribution in [-0.2, 0) is 20.9 Å². The molecule has 5 heterocycles. The minimum absolute atomic E-state index is 0.0859. The second-order valence-electron chi connectivity index (χ2n) is 9.22. The van der Waals surface area contributed by atoms with Gasteiger partial charge in [0, 0.05) is 58.5 Å². The Bertz CT molecular complexity index is 1680. The summed E-state index contributed by atoms with van der Waals surface area (Å²) in [5.74, 6) is 1.28. The number of imide groups is 1. The van der Waals surface area contributed by atoms with E-state index in [1.165, 1.54) is 0 Å². The summed E-state index contributed by atoms with van der Waals surface area (Å²) in [6.07, 6.45) is 2.69. The van der Waals surface area contributed by atoms with E-state index in [-0.39, 0.29) is 37.9 Å². The van der Waals surface area contributed by atoms with E-state index in [0.29, 0.717) is 46.1 Å². The van der Waals surface area contributed by atoms with Gasteiger partial charge < -0.3 is 38.3 Å². The third-order valence-electron chi connectivity index (χ3n) is 6.94. The van der Waals surface area contributed by atoms with Crippen molar-refractivity contribution < 1.29 is 38.4 Å². The molecule has 0 fully saturated rings. The number of amides is 2. The normalized spacial score (nSPS) is 16.8. The molecule has 0 bridgehead atoms. The van der Waals surface area contributed by atoms with E-state index in [4.69, 9.17) is 23.7 Å². The lowest BCUT2D eigenvalue weighted by Crippen LogP contribution is -2.22. The van der Waals surface area contributed by atoms with Gasteiger partial charge in [-0.25, -0.2) is 0 Å². The number of aromatic amines is 1. The van der Waals surface area contributed by atoms with E-state index in [1.807, 2.05) is 23.6 Å². The van der Waals surface area contributed by atoms with E-state index in [0.717, 1.165) is 16.4 Å². The number of aromatic nitrogens is 2. The first-order chi connectivity index (χ1) is 18.5. The molecule has 0 radical (unpaired) electrons. The van der Waals surface area contributed by atoms with Gasteiger partial charge in [0.1, 0.15) is 0 Å². The number of hydrogen-bond acceptors (Lipinski definition) is 8. The second kappa shape index (κ2) is 8.54. The lowest BCUT2D eigenvalue weighted by Gasteiger charge is -2.12. The lowest BCUT2D eigenvalue weighted by atomic mass is 9.95. The summed E-state index contributed by atoms with van der Waals surface area (Å²) in [4.78, 5) is 29.7. The summed E-state index contributed by atoms with van der Waals surface area (Å²) in [5.41, 5.74) is 3.04. The monoisotopic (exact) mass is 517 g/mol. The third kappa shape index (κ3) is 3.43. The van der Waals surface area contributed by atoms with Crippen LogP contribution in [0.5, 0.6) is 23.0 Å². The number of H-pyrrole nitrogens is 1. The van der Waals surface area contributed by atoms with Crippen molar-refractivity contribution in [3.8, 4) is 23.0 Å². The number of carbonyl (C=O) groups is 2. The van der Waals surface area contributed by atoms with Crippen LogP contribution in [0.15, 0.2) is 36.7 Å². The number of aliphatic hydroxyl groups excluding tert-OH is 1. The van der Waals surface area contributed by atoms with Crippen molar-refractivity contribution in [2.45, 2.75) is 19.6 Å². The Morgan fingerprint density at radius 2 is 1.55 bits per heavy atom. The molecule has 3 aliphatic heterocycles. The number of rotatable bonds is 7. The molecule has 2 aromatic carbocycles. The van der Waals surface area contributed by atoms with Gasteiger partial charge in [-0.15, -0.1) is 0 Å². The average molecular weight is 517 g/mol. The van der Waals surface area contributed by atoms with E-state index < -0.39 is 17.9 Å². The Labute approximate surface area is 215 Å². The molecule has 4 aromatic rings. The van der Waals surface area contributed by atoms with Crippen molar-refractivity contribution in [3.63, 3.8) is 0 Å². The first kappa shape index (κ1) is 22.7. The fourth-order valence-corrected chi connectivity index (χ4v) is 5.25. The Morgan fingerprint density at radius 3 is 2.26 bits per heavy atom. The zero-order chi connectivity index (χ0) is 26.0. The molecule has 38 heavy (non-hydrogen) atoms. The fourth-order valence-electron chi connectivity index (χ4n) is 5.25. The molecule has 1 atom stereocenters. The number of hydrogen-bond donors (Lipinski definition) is 3. The van der Waals surface area contributed by atoms with Gasteiger partial charge in [0.25, 0.3) is 11.8 Å². The number of aliphatic hydroxyl groups is 1. The van der Waals surface area contributed by atoms with Crippen LogP contribution in [-0.4, -0.2) is 59.4 Å². The third-order valence-corrected chi connectivity index (χ3v) is 6.94. The molecule has 0 spiro atoms. The molecule has 0 saturated heterocycles. The summed E-state index contributed by atoms with van der Waals surface area (Å²) in [6.45, 7) is 2.92. The second-order valence-corrected chi connectivity index (χ2v) is 9.22. The van der Waals surface area contributed by atoms with Crippen LogP contribution in [0.3, 0.4) is 0 Å². The molecule has 7 rings (SSSR count). The number of nitrogens with one attached hydrogen (secondary N) is 2. The molecule has 1 unspecified atom stereocenters. The number of nitrogens with zero attached hydrogens (tertiary/aromatic N) is 1. The van der Waals surface area contributed by atoms with Crippen LogP contribution >= 0.6 is 0 Å². The van der Waals surface area contributed by atoms with Gasteiger partial charge in [0.2, 0.25) is 13.6 Å². The van der Waals surface area contributed by atoms with Crippen molar-refractivity contribution >= 4 is 44.8 Å². The highest BCUT2D eigenvalue weighted by atomic mass is 16.7. The maximum absolute atomic E-state index is 13.3. The number of ether oxygens (including phenoxy) is 5. The molecule has 3 N–H and O–H groups in total. The Hall–Kier alpha value is -4.48. The van der Waals surface area contributed by atoms with Crippen LogP contribution in [0.1, 0.15) is 18.1 Å². The summed E-state index contributed by atoms with van der Waals surface area (Å²) in [7, 11) is 0. The SMILES string of the molecule is CCOCC(O)Cn1cc(C2=C(c3c[nH]c4cc5c(cc34)OCO5)C(=O)NC2=O)c2cc3c(cc21)OCO3. The van der Waals surface area contributed by atoms with Gasteiger partial charge in [-0.1, -0.05) is 0 Å². The van der Waals surface area contributed by atoms with Gasteiger partial charge in [-0.05, 0) is 19.1 Å². The van der Waals surface area contributed by atoms with Crippen LogP contribution in [0.2, 0.25) is 0 Å². The minimum atomic E-state index is -0.783. The maximum atomic E-state index is 13.3. The maximum Gasteiger partial charge on any atom is 0.259 e. The first-order valence-corrected chi connectivity index (χ1v) is 12.2. The summed E-state index contributed by atoms with van der Waals surface area (Å²) >= 11 is 0. The number of fused-ring (bicyclic) bond motifs is 4. The topological polar surface area (TPSA) is 133 Å². The Kier molecular flexibility index (Phi) is 5.10. The largest absolute Gasteiger partial charge is 0.454 e. The quantitative estimate of drug-likeness (QED) is 0.319. The van der Waals surface area contributed by atoms with Crippen LogP contribution in [0, 0.1) is 0 Å². The van der Waals surface area contributed by atoms with Crippen molar-refractivity contribution in [1.29, 1.82) is 0 Å². The lowest BCUT2D eigenvalue weighted by molar-refractivity contribution is -0.122. The van der Waals surface area contributed by atoms with Crippen molar-refractivity contribution in [2.75, 3.05) is 26.8 Å². The fraction of sp³-hybridized carbons (Fsp3) is 0.259. The highest BCUT2D eigenvalue weighted by Gasteiger charge is 2.36. The molecule has 11 heteroatoms. The zero-order valence-electron chi connectivity index (χ0n) is 20.3. The average Bonchev–Trinajstić information content (AvgIpc) is 3.71. The Balaban J connectivity index is 1.43. The minimum Gasteiger partial charge on any atom is -0.454 e. The van der Waals surface area contributed by atoms with Gasteiger partial charge in [-0.3, -0.25) is 14.9 Å². The predicted octanol–water partition coefficient (Wildman–Crippen LogP) is 2.54. The van der Waals surface area contributed by atoms with Gasteiger partial charge in [0.15, 0.2) is 23.0 Å². The molecule has 0 saturated carbocycles. The van der Waals surface area contributed by atoms with E-state index in [9.17, 15) is 14.7 Å². The number of carbonyl (C=O) groups excluding carboxylic acids is 2. The highest BCUT2D eigenvalue weighted by molar-refractivity contribution is 6.50. The van der Waals surface area contributed by atoms with Crippen molar-refractivity contribution in [1.82, 2.24) is 14.9 Å². The molecule has 2 aromatic heterocycles. The molecular formula is C27H23N3O8. The van der Waals surface area contributed by atoms with E-state index >= 15 is 0 Å². The van der Waals surface area contributed by atoms with Gasteiger partial charge >= 0.3 is 0 Å². The molecule has 3 aliphatic rings. The van der Waals surface area contributed by atoms with E-state index in [1.54, 1.807) is 24.5 Å². The molecule has 11 nitrogen and oxygen atoms in total. The van der Waals surface area contributed by atoms with Crippen LogP contribution < -0.4 is 24.3 Å². The summed E-state index contributed by atoms with van der Waals surface area (Å²) in [6, 6.07) is 7.22. The highest BCUT2D eigenvalue weighted by Crippen LogP contribution is 2.44. The number of benzene rings is 2. The summed E-state index contributed by atoms with van der Waals surface area (Å²) < 4.78 is 29.4. The standard InChI is InChI=1S/C27H23N3O8/c1-2-34-10-13(31)8-30-9-17(15-4-21-23(6-19(15)30)38-12-36-21)25-24(26(32)29-27(25)33)16-7-28-18-5-22-20(3-14(16)18)35-11-37-22/h3-7,9,13,28,31H,2,8,10-12H2,1H3,(H,29,32,33). The van der Waals surface area contributed by atoms with Crippen molar-refractivity contribution in [3.05, 3.63) is 47.8 Å². The smallest absolute Gasteiger partial charge is 0.259 e. The van der Waals surface area contributed by atoms with Gasteiger partial charge in [0.05, 0.1) is 35.9 Å². The van der Waals surface area contributed by atoms with Crippen LogP contribution in [0.25, 0.3) is 33.0 Å². The van der Waals surface area contributed by atoms with E-state index in [2.05, 4.69) is 10.3 Å². The Morgan fingerprint density at radius 1 is 0.921 bits per heavy atom. The first-order valence-electron chi connectivity index (χ1n) is 12.2.